The standard InChI is InChI=1S/C20H19N5O2/c1-12-11-13(2)23-20(22-12)25-17-9-5-15(6-10-17)19(27)24-16-7-3-14(4-8-16)18(21)26/h3-11H,1-2H3,(H2,21,26)(H,24,27)(H,22,23,25). The Kier molecular flexibility index (Phi) is 5.12. The summed E-state index contributed by atoms with van der Waals surface area (Å²) in [6.07, 6.45) is 0. The lowest BCUT2D eigenvalue weighted by molar-refractivity contribution is 0.0998. The molecule has 4 N–H and O–H groups in total. The van der Waals surface area contributed by atoms with Crippen molar-refractivity contribution in [1.82, 2.24) is 9.97 Å². The van der Waals surface area contributed by atoms with E-state index in [1.807, 2.05) is 19.9 Å². The van der Waals surface area contributed by atoms with Crippen LogP contribution in [0.1, 0.15) is 32.1 Å². The first kappa shape index (κ1) is 18.1. The molecule has 7 heteroatoms. The summed E-state index contributed by atoms with van der Waals surface area (Å²) in [4.78, 5) is 32.1. The van der Waals surface area contributed by atoms with Crippen LogP contribution in [0.3, 0.4) is 0 Å². The molecule has 0 fully saturated rings. The maximum Gasteiger partial charge on any atom is 0.255 e. The zero-order valence-corrected chi connectivity index (χ0v) is 15.0. The van der Waals surface area contributed by atoms with Crippen molar-refractivity contribution in [2.45, 2.75) is 13.8 Å². The molecule has 136 valence electrons. The summed E-state index contributed by atoms with van der Waals surface area (Å²) in [6, 6.07) is 15.3. The van der Waals surface area contributed by atoms with Crippen LogP contribution in [0, 0.1) is 13.8 Å². The lowest BCUT2D eigenvalue weighted by Crippen LogP contribution is -2.13. The second kappa shape index (κ2) is 7.65. The molecule has 0 aliphatic rings. The van der Waals surface area contributed by atoms with E-state index in [0.29, 0.717) is 22.8 Å². The van der Waals surface area contributed by atoms with Gasteiger partial charge in [0.15, 0.2) is 0 Å². The van der Waals surface area contributed by atoms with Crippen LogP contribution >= 0.6 is 0 Å². The molecule has 2 amide bonds. The highest BCUT2D eigenvalue weighted by molar-refractivity contribution is 6.04. The zero-order valence-electron chi connectivity index (χ0n) is 15.0. The van der Waals surface area contributed by atoms with Crippen molar-refractivity contribution < 1.29 is 9.59 Å². The second-order valence-electron chi connectivity index (χ2n) is 6.07. The highest BCUT2D eigenvalue weighted by Crippen LogP contribution is 2.16. The molecule has 0 unspecified atom stereocenters. The fourth-order valence-corrected chi connectivity index (χ4v) is 2.54. The summed E-state index contributed by atoms with van der Waals surface area (Å²) >= 11 is 0. The zero-order chi connectivity index (χ0) is 19.4. The number of nitrogens with one attached hydrogen (secondary N) is 2. The minimum Gasteiger partial charge on any atom is -0.366 e. The van der Waals surface area contributed by atoms with E-state index in [1.54, 1.807) is 48.5 Å². The molecule has 3 aromatic rings. The number of aryl methyl sites for hydroxylation is 2. The number of hydrogen-bond donors (Lipinski definition) is 3. The third-order valence-electron chi connectivity index (χ3n) is 3.81. The van der Waals surface area contributed by atoms with Gasteiger partial charge in [0.1, 0.15) is 0 Å². The first-order valence-corrected chi connectivity index (χ1v) is 8.31. The molecule has 7 nitrogen and oxygen atoms in total. The fourth-order valence-electron chi connectivity index (χ4n) is 2.54. The molecule has 0 radical (unpaired) electrons. The Morgan fingerprint density at radius 2 is 1.33 bits per heavy atom. The number of anilines is 3. The minimum atomic E-state index is -0.510. The molecular weight excluding hydrogens is 342 g/mol. The number of hydrogen-bond acceptors (Lipinski definition) is 5. The summed E-state index contributed by atoms with van der Waals surface area (Å²) in [7, 11) is 0. The van der Waals surface area contributed by atoms with Crippen molar-refractivity contribution in [1.29, 1.82) is 0 Å². The van der Waals surface area contributed by atoms with Gasteiger partial charge >= 0.3 is 0 Å². The van der Waals surface area contributed by atoms with Crippen LogP contribution in [0.4, 0.5) is 17.3 Å². The normalized spacial score (nSPS) is 10.3. The number of rotatable bonds is 5. The summed E-state index contributed by atoms with van der Waals surface area (Å²) < 4.78 is 0. The van der Waals surface area contributed by atoms with E-state index in [-0.39, 0.29) is 5.91 Å². The summed E-state index contributed by atoms with van der Waals surface area (Å²) in [6.45, 7) is 3.81. The highest BCUT2D eigenvalue weighted by Gasteiger charge is 2.08. The van der Waals surface area contributed by atoms with Gasteiger partial charge in [0.2, 0.25) is 11.9 Å². The Bertz CT molecular complexity index is 962. The monoisotopic (exact) mass is 361 g/mol. The second-order valence-corrected chi connectivity index (χ2v) is 6.07. The minimum absolute atomic E-state index is 0.254. The van der Waals surface area contributed by atoms with Crippen LogP contribution in [-0.4, -0.2) is 21.8 Å². The third-order valence-corrected chi connectivity index (χ3v) is 3.81. The fraction of sp³-hybridized carbons (Fsp3) is 0.100. The molecule has 27 heavy (non-hydrogen) atoms. The van der Waals surface area contributed by atoms with Gasteiger partial charge in [-0.25, -0.2) is 9.97 Å². The van der Waals surface area contributed by atoms with Gasteiger partial charge in [-0.1, -0.05) is 0 Å². The summed E-state index contributed by atoms with van der Waals surface area (Å²) in [5.41, 5.74) is 9.20. The first-order valence-electron chi connectivity index (χ1n) is 8.31. The Morgan fingerprint density at radius 3 is 1.89 bits per heavy atom. The number of amides is 2. The number of benzene rings is 2. The largest absolute Gasteiger partial charge is 0.366 e. The Morgan fingerprint density at radius 1 is 0.815 bits per heavy atom. The van der Waals surface area contributed by atoms with Crippen LogP contribution in [0.25, 0.3) is 0 Å². The topological polar surface area (TPSA) is 110 Å². The van der Waals surface area contributed by atoms with Crippen molar-refractivity contribution in [2.75, 3.05) is 10.6 Å². The van der Waals surface area contributed by atoms with E-state index in [1.165, 1.54) is 0 Å². The van der Waals surface area contributed by atoms with Gasteiger partial charge in [-0.3, -0.25) is 9.59 Å². The van der Waals surface area contributed by atoms with Crippen molar-refractivity contribution in [3.8, 4) is 0 Å². The van der Waals surface area contributed by atoms with Crippen molar-refractivity contribution in [3.05, 3.63) is 77.1 Å². The molecule has 0 spiro atoms. The van der Waals surface area contributed by atoms with Crippen molar-refractivity contribution in [3.63, 3.8) is 0 Å². The van der Waals surface area contributed by atoms with Gasteiger partial charge in [0.25, 0.3) is 5.91 Å². The third kappa shape index (κ3) is 4.66. The molecule has 1 heterocycles. The van der Waals surface area contributed by atoms with Crippen LogP contribution in [0.5, 0.6) is 0 Å². The van der Waals surface area contributed by atoms with E-state index in [2.05, 4.69) is 20.6 Å². The van der Waals surface area contributed by atoms with E-state index < -0.39 is 5.91 Å². The number of carbonyl (C=O) groups excluding carboxylic acids is 2. The predicted molar refractivity (Wildman–Crippen MR) is 104 cm³/mol. The quantitative estimate of drug-likeness (QED) is 0.646. The number of aromatic nitrogens is 2. The van der Waals surface area contributed by atoms with Crippen LogP contribution in [0.15, 0.2) is 54.6 Å². The average Bonchev–Trinajstić information content (AvgIpc) is 2.62. The lowest BCUT2D eigenvalue weighted by atomic mass is 10.1. The first-order chi connectivity index (χ1) is 12.9. The van der Waals surface area contributed by atoms with E-state index >= 15 is 0 Å². The molecule has 0 saturated heterocycles. The SMILES string of the molecule is Cc1cc(C)nc(Nc2ccc(C(=O)Nc3ccc(C(N)=O)cc3)cc2)n1. The maximum absolute atomic E-state index is 12.3. The predicted octanol–water partition coefficient (Wildman–Crippen LogP) is 3.19. The van der Waals surface area contributed by atoms with Crippen LogP contribution in [-0.2, 0) is 0 Å². The Balaban J connectivity index is 1.67. The number of nitrogens with zero attached hydrogens (tertiary/aromatic N) is 2. The lowest BCUT2D eigenvalue weighted by Gasteiger charge is -2.08. The Labute approximate surface area is 156 Å². The summed E-state index contributed by atoms with van der Waals surface area (Å²) in [5.74, 6) is -0.251. The molecular formula is C20H19N5O2. The van der Waals surface area contributed by atoms with E-state index in [0.717, 1.165) is 17.1 Å². The van der Waals surface area contributed by atoms with Gasteiger partial charge in [-0.15, -0.1) is 0 Å². The highest BCUT2D eigenvalue weighted by atomic mass is 16.2. The van der Waals surface area contributed by atoms with E-state index in [9.17, 15) is 9.59 Å². The van der Waals surface area contributed by atoms with Gasteiger partial charge in [-0.2, -0.15) is 0 Å². The smallest absolute Gasteiger partial charge is 0.255 e. The Hall–Kier alpha value is -3.74. The number of carbonyl (C=O) groups is 2. The maximum atomic E-state index is 12.3. The molecule has 2 aromatic carbocycles. The number of primary amides is 1. The van der Waals surface area contributed by atoms with Crippen LogP contribution < -0.4 is 16.4 Å². The van der Waals surface area contributed by atoms with Gasteiger partial charge in [0.05, 0.1) is 0 Å². The van der Waals surface area contributed by atoms with Gasteiger partial charge < -0.3 is 16.4 Å². The van der Waals surface area contributed by atoms with Crippen LogP contribution in [0.2, 0.25) is 0 Å². The molecule has 0 atom stereocenters. The molecule has 0 aliphatic carbocycles. The molecule has 0 saturated carbocycles. The molecule has 1 aromatic heterocycles. The average molecular weight is 361 g/mol. The van der Waals surface area contributed by atoms with Crippen molar-refractivity contribution >= 4 is 29.1 Å². The van der Waals surface area contributed by atoms with Gasteiger partial charge in [0, 0.05) is 33.9 Å². The summed E-state index contributed by atoms with van der Waals surface area (Å²) in [5, 5.41) is 5.89. The van der Waals surface area contributed by atoms with E-state index in [4.69, 9.17) is 5.73 Å². The molecule has 0 bridgehead atoms. The molecule has 3 rings (SSSR count). The molecule has 0 aliphatic heterocycles. The van der Waals surface area contributed by atoms with Gasteiger partial charge in [-0.05, 0) is 68.4 Å². The number of nitrogens with two attached hydrogens (primary N) is 1. The van der Waals surface area contributed by atoms with Crippen molar-refractivity contribution in [2.24, 2.45) is 5.73 Å².